The first-order valence-corrected chi connectivity index (χ1v) is 8.05. The van der Waals surface area contributed by atoms with Crippen molar-refractivity contribution >= 4 is 40.1 Å². The third-order valence-electron chi connectivity index (χ3n) is 3.51. The van der Waals surface area contributed by atoms with E-state index in [4.69, 9.17) is 37.1 Å². The minimum atomic E-state index is -0.530. The number of hydrogen-bond donors (Lipinski definition) is 0. The normalized spacial score (nSPS) is 10.8. The summed E-state index contributed by atoms with van der Waals surface area (Å²) in [4.78, 5) is 12.2. The van der Waals surface area contributed by atoms with Crippen LogP contribution < -0.4 is 4.74 Å². The lowest BCUT2D eigenvalue weighted by Crippen LogP contribution is -2.12. The summed E-state index contributed by atoms with van der Waals surface area (Å²) >= 11 is 12.0. The van der Waals surface area contributed by atoms with E-state index < -0.39 is 5.97 Å². The summed E-state index contributed by atoms with van der Waals surface area (Å²) in [6.07, 6.45) is 0. The molecule has 0 N–H and O–H groups in total. The number of aryl methyl sites for hydroxylation is 1. The van der Waals surface area contributed by atoms with Gasteiger partial charge in [0.1, 0.15) is 18.8 Å². The molecule has 3 aromatic rings. The van der Waals surface area contributed by atoms with Crippen LogP contribution >= 0.6 is 23.2 Å². The molecule has 0 atom stereocenters. The highest BCUT2D eigenvalue weighted by atomic mass is 35.5. The van der Waals surface area contributed by atoms with E-state index in [1.165, 1.54) is 0 Å². The SMILES string of the molecule is Cc1c(C(=O)OCCOc2c(Cl)cccc2Cl)oc2ccccc12. The summed E-state index contributed by atoms with van der Waals surface area (Å²) in [6.45, 7) is 2.01. The zero-order chi connectivity index (χ0) is 17.1. The molecule has 6 heteroatoms. The van der Waals surface area contributed by atoms with Gasteiger partial charge < -0.3 is 13.9 Å². The Labute approximate surface area is 148 Å². The largest absolute Gasteiger partial charge is 0.487 e. The molecule has 0 spiro atoms. The molecule has 3 rings (SSSR count). The number of halogens is 2. The number of ether oxygens (including phenoxy) is 2. The molecule has 0 aliphatic heterocycles. The van der Waals surface area contributed by atoms with Crippen molar-refractivity contribution in [2.45, 2.75) is 6.92 Å². The monoisotopic (exact) mass is 364 g/mol. The number of furan rings is 1. The zero-order valence-corrected chi connectivity index (χ0v) is 14.4. The average Bonchev–Trinajstić information content (AvgIpc) is 2.91. The van der Waals surface area contributed by atoms with Crippen molar-refractivity contribution in [1.82, 2.24) is 0 Å². The van der Waals surface area contributed by atoms with Crippen LogP contribution in [-0.4, -0.2) is 19.2 Å². The number of para-hydroxylation sites is 2. The maximum atomic E-state index is 12.2. The van der Waals surface area contributed by atoms with Crippen LogP contribution in [0.2, 0.25) is 10.0 Å². The summed E-state index contributed by atoms with van der Waals surface area (Å²) < 4.78 is 16.2. The molecule has 0 unspecified atom stereocenters. The maximum Gasteiger partial charge on any atom is 0.374 e. The van der Waals surface area contributed by atoms with Crippen LogP contribution in [0.1, 0.15) is 16.1 Å². The highest BCUT2D eigenvalue weighted by molar-refractivity contribution is 6.37. The van der Waals surface area contributed by atoms with E-state index in [-0.39, 0.29) is 19.0 Å². The first kappa shape index (κ1) is 16.7. The van der Waals surface area contributed by atoms with Crippen molar-refractivity contribution in [2.75, 3.05) is 13.2 Å². The van der Waals surface area contributed by atoms with Gasteiger partial charge in [-0.25, -0.2) is 4.79 Å². The molecular weight excluding hydrogens is 351 g/mol. The highest BCUT2D eigenvalue weighted by Gasteiger charge is 2.18. The Balaban J connectivity index is 1.60. The molecule has 0 amide bonds. The summed E-state index contributed by atoms with van der Waals surface area (Å²) in [5.41, 5.74) is 1.41. The molecule has 0 radical (unpaired) electrons. The van der Waals surface area contributed by atoms with E-state index in [1.54, 1.807) is 18.2 Å². The van der Waals surface area contributed by atoms with Gasteiger partial charge in [0.25, 0.3) is 0 Å². The Hall–Kier alpha value is -2.17. The van der Waals surface area contributed by atoms with E-state index in [0.29, 0.717) is 21.4 Å². The molecule has 1 aromatic heterocycles. The molecule has 0 bridgehead atoms. The topological polar surface area (TPSA) is 48.7 Å². The lowest BCUT2D eigenvalue weighted by Gasteiger charge is -2.09. The van der Waals surface area contributed by atoms with Crippen molar-refractivity contribution in [3.63, 3.8) is 0 Å². The van der Waals surface area contributed by atoms with Gasteiger partial charge in [0.2, 0.25) is 5.76 Å². The predicted molar refractivity (Wildman–Crippen MR) is 93.2 cm³/mol. The average molecular weight is 365 g/mol. The van der Waals surface area contributed by atoms with Gasteiger partial charge in [-0.05, 0) is 25.1 Å². The highest BCUT2D eigenvalue weighted by Crippen LogP contribution is 2.32. The van der Waals surface area contributed by atoms with Crippen LogP contribution in [0, 0.1) is 6.92 Å². The Morgan fingerprint density at radius 1 is 1.04 bits per heavy atom. The van der Waals surface area contributed by atoms with Gasteiger partial charge in [0.05, 0.1) is 10.0 Å². The third-order valence-corrected chi connectivity index (χ3v) is 4.11. The van der Waals surface area contributed by atoms with Crippen LogP contribution in [0.4, 0.5) is 0 Å². The Kier molecular flexibility index (Phi) is 4.97. The number of carbonyl (C=O) groups excluding carboxylic acids is 1. The van der Waals surface area contributed by atoms with E-state index in [2.05, 4.69) is 0 Å². The number of rotatable bonds is 5. The maximum absolute atomic E-state index is 12.2. The minimum Gasteiger partial charge on any atom is -0.487 e. The smallest absolute Gasteiger partial charge is 0.374 e. The fourth-order valence-electron chi connectivity index (χ4n) is 2.33. The molecule has 0 aliphatic carbocycles. The number of carbonyl (C=O) groups is 1. The summed E-state index contributed by atoms with van der Waals surface area (Å²) in [7, 11) is 0. The molecule has 0 aliphatic rings. The van der Waals surface area contributed by atoms with E-state index >= 15 is 0 Å². The third kappa shape index (κ3) is 3.35. The molecule has 1 heterocycles. The van der Waals surface area contributed by atoms with E-state index in [1.807, 2.05) is 31.2 Å². The van der Waals surface area contributed by atoms with Gasteiger partial charge in [-0.3, -0.25) is 0 Å². The zero-order valence-electron chi connectivity index (χ0n) is 12.8. The van der Waals surface area contributed by atoms with Gasteiger partial charge in [-0.2, -0.15) is 0 Å². The molecule has 2 aromatic carbocycles. The van der Waals surface area contributed by atoms with Crippen LogP contribution in [0.25, 0.3) is 11.0 Å². The number of hydrogen-bond acceptors (Lipinski definition) is 4. The van der Waals surface area contributed by atoms with E-state index in [9.17, 15) is 4.79 Å². The fourth-order valence-corrected chi connectivity index (χ4v) is 2.84. The molecule has 124 valence electrons. The number of fused-ring (bicyclic) bond motifs is 1. The van der Waals surface area contributed by atoms with Gasteiger partial charge in [0, 0.05) is 10.9 Å². The lowest BCUT2D eigenvalue weighted by atomic mass is 10.1. The van der Waals surface area contributed by atoms with Crippen molar-refractivity contribution < 1.29 is 18.7 Å². The Morgan fingerprint density at radius 3 is 2.46 bits per heavy atom. The molecule has 4 nitrogen and oxygen atoms in total. The molecule has 0 fully saturated rings. The van der Waals surface area contributed by atoms with Crippen LogP contribution in [0.15, 0.2) is 46.9 Å². The van der Waals surface area contributed by atoms with Crippen LogP contribution in [-0.2, 0) is 4.74 Å². The van der Waals surface area contributed by atoms with Crippen molar-refractivity contribution in [2.24, 2.45) is 0 Å². The second-order valence-corrected chi connectivity index (χ2v) is 5.90. The first-order chi connectivity index (χ1) is 11.6. The van der Waals surface area contributed by atoms with Gasteiger partial charge in [0.15, 0.2) is 5.75 Å². The van der Waals surface area contributed by atoms with Crippen LogP contribution in [0.5, 0.6) is 5.75 Å². The summed E-state index contributed by atoms with van der Waals surface area (Å²) in [5, 5.41) is 1.70. The fraction of sp³-hybridized carbons (Fsp3) is 0.167. The Morgan fingerprint density at radius 2 is 1.75 bits per heavy atom. The van der Waals surface area contributed by atoms with Crippen molar-refractivity contribution in [3.05, 3.63) is 63.8 Å². The number of benzene rings is 2. The summed E-state index contributed by atoms with van der Waals surface area (Å²) in [6, 6.07) is 12.5. The minimum absolute atomic E-state index is 0.0525. The standard InChI is InChI=1S/C18H14Cl2O4/c1-11-12-5-2-3-8-15(12)24-16(11)18(21)23-10-9-22-17-13(19)6-4-7-14(17)20/h2-8H,9-10H2,1H3. The molecular formula is C18H14Cl2O4. The molecule has 0 saturated carbocycles. The lowest BCUT2D eigenvalue weighted by molar-refractivity contribution is 0.0416. The van der Waals surface area contributed by atoms with Gasteiger partial charge in [-0.1, -0.05) is 47.5 Å². The summed E-state index contributed by atoms with van der Waals surface area (Å²) in [5.74, 6) is 0.0429. The second kappa shape index (κ2) is 7.16. The van der Waals surface area contributed by atoms with Crippen molar-refractivity contribution in [1.29, 1.82) is 0 Å². The Bertz CT molecular complexity index is 866. The van der Waals surface area contributed by atoms with Crippen LogP contribution in [0.3, 0.4) is 0 Å². The van der Waals surface area contributed by atoms with Gasteiger partial charge in [-0.15, -0.1) is 0 Å². The predicted octanol–water partition coefficient (Wildman–Crippen LogP) is 5.28. The molecule has 0 saturated heterocycles. The quantitative estimate of drug-likeness (QED) is 0.456. The van der Waals surface area contributed by atoms with E-state index in [0.717, 1.165) is 10.9 Å². The second-order valence-electron chi connectivity index (χ2n) is 5.09. The number of esters is 1. The van der Waals surface area contributed by atoms with Gasteiger partial charge >= 0.3 is 5.97 Å². The van der Waals surface area contributed by atoms with Crippen molar-refractivity contribution in [3.8, 4) is 5.75 Å². The first-order valence-electron chi connectivity index (χ1n) is 7.30. The molecule has 24 heavy (non-hydrogen) atoms.